The highest BCUT2D eigenvalue weighted by Crippen LogP contribution is 2.38. The SMILES string of the molecule is CC1NC(=O)C(c2ccccc2)N(CC(C)C2CC2)C1=O. The van der Waals surface area contributed by atoms with Crippen molar-refractivity contribution in [2.75, 3.05) is 6.54 Å². The van der Waals surface area contributed by atoms with Crippen LogP contribution in [-0.2, 0) is 9.59 Å². The highest BCUT2D eigenvalue weighted by molar-refractivity contribution is 5.97. The summed E-state index contributed by atoms with van der Waals surface area (Å²) in [4.78, 5) is 26.7. The molecule has 21 heavy (non-hydrogen) atoms. The van der Waals surface area contributed by atoms with Gasteiger partial charge >= 0.3 is 0 Å². The van der Waals surface area contributed by atoms with Gasteiger partial charge in [-0.15, -0.1) is 0 Å². The summed E-state index contributed by atoms with van der Waals surface area (Å²) in [6.07, 6.45) is 2.50. The molecule has 0 radical (unpaired) electrons. The molecule has 1 aromatic rings. The molecule has 1 heterocycles. The molecule has 4 nitrogen and oxygen atoms in total. The Kier molecular flexibility index (Phi) is 3.70. The van der Waals surface area contributed by atoms with Crippen LogP contribution in [-0.4, -0.2) is 29.3 Å². The minimum Gasteiger partial charge on any atom is -0.342 e. The van der Waals surface area contributed by atoms with Crippen LogP contribution in [0.3, 0.4) is 0 Å². The number of benzene rings is 1. The fraction of sp³-hybridized carbons (Fsp3) is 0.529. The molecule has 1 aliphatic heterocycles. The Morgan fingerprint density at radius 3 is 2.52 bits per heavy atom. The second-order valence-corrected chi connectivity index (χ2v) is 6.35. The molecule has 112 valence electrons. The lowest BCUT2D eigenvalue weighted by Crippen LogP contribution is -2.59. The van der Waals surface area contributed by atoms with Crippen molar-refractivity contribution in [2.45, 2.75) is 38.8 Å². The summed E-state index contributed by atoms with van der Waals surface area (Å²) in [5, 5.41) is 2.80. The number of hydrogen-bond donors (Lipinski definition) is 1. The summed E-state index contributed by atoms with van der Waals surface area (Å²) in [6.45, 7) is 4.61. The quantitative estimate of drug-likeness (QED) is 0.921. The zero-order valence-electron chi connectivity index (χ0n) is 12.6. The van der Waals surface area contributed by atoms with Gasteiger partial charge in [-0.05, 0) is 37.2 Å². The van der Waals surface area contributed by atoms with E-state index in [0.717, 1.165) is 11.5 Å². The van der Waals surface area contributed by atoms with Crippen molar-refractivity contribution in [3.8, 4) is 0 Å². The molecule has 2 amide bonds. The molecule has 2 fully saturated rings. The molecule has 1 saturated carbocycles. The molecule has 2 aliphatic rings. The number of piperazine rings is 1. The Morgan fingerprint density at radius 2 is 1.90 bits per heavy atom. The van der Waals surface area contributed by atoms with Gasteiger partial charge in [0.05, 0.1) is 0 Å². The Morgan fingerprint density at radius 1 is 1.24 bits per heavy atom. The van der Waals surface area contributed by atoms with Crippen molar-refractivity contribution in [3.63, 3.8) is 0 Å². The van der Waals surface area contributed by atoms with Crippen LogP contribution in [0, 0.1) is 11.8 Å². The third kappa shape index (κ3) is 2.80. The maximum atomic E-state index is 12.5. The number of nitrogens with one attached hydrogen (secondary N) is 1. The first-order valence-electron chi connectivity index (χ1n) is 7.73. The van der Waals surface area contributed by atoms with Gasteiger partial charge in [-0.3, -0.25) is 9.59 Å². The summed E-state index contributed by atoms with van der Waals surface area (Å²) in [5.74, 6) is 1.13. The number of amides is 2. The lowest BCUT2D eigenvalue weighted by Gasteiger charge is -2.39. The van der Waals surface area contributed by atoms with Gasteiger partial charge in [0.25, 0.3) is 0 Å². The van der Waals surface area contributed by atoms with Crippen LogP contribution in [0.5, 0.6) is 0 Å². The molecular formula is C17H22N2O2. The highest BCUT2D eigenvalue weighted by Gasteiger charge is 2.41. The fourth-order valence-corrected chi connectivity index (χ4v) is 3.16. The highest BCUT2D eigenvalue weighted by atomic mass is 16.2. The van der Waals surface area contributed by atoms with Gasteiger partial charge in [0.15, 0.2) is 0 Å². The maximum Gasteiger partial charge on any atom is 0.248 e. The molecule has 1 saturated heterocycles. The van der Waals surface area contributed by atoms with Gasteiger partial charge in [0, 0.05) is 6.54 Å². The van der Waals surface area contributed by atoms with Crippen molar-refractivity contribution in [1.82, 2.24) is 10.2 Å². The molecule has 0 aromatic heterocycles. The summed E-state index contributed by atoms with van der Waals surface area (Å²) < 4.78 is 0. The molecular weight excluding hydrogens is 264 g/mol. The second kappa shape index (κ2) is 5.51. The molecule has 3 rings (SSSR count). The first-order valence-corrected chi connectivity index (χ1v) is 7.73. The lowest BCUT2D eigenvalue weighted by atomic mass is 9.97. The van der Waals surface area contributed by atoms with Crippen LogP contribution in [0.4, 0.5) is 0 Å². The van der Waals surface area contributed by atoms with Crippen molar-refractivity contribution < 1.29 is 9.59 Å². The number of hydrogen-bond acceptors (Lipinski definition) is 2. The van der Waals surface area contributed by atoms with E-state index in [1.54, 1.807) is 11.8 Å². The van der Waals surface area contributed by atoms with Crippen molar-refractivity contribution in [2.24, 2.45) is 11.8 Å². The Bertz CT molecular complexity index is 539. The molecule has 1 aromatic carbocycles. The Balaban J connectivity index is 1.88. The van der Waals surface area contributed by atoms with E-state index >= 15 is 0 Å². The summed E-state index contributed by atoms with van der Waals surface area (Å²) >= 11 is 0. The lowest BCUT2D eigenvalue weighted by molar-refractivity contribution is -0.150. The van der Waals surface area contributed by atoms with E-state index in [-0.39, 0.29) is 11.8 Å². The minimum absolute atomic E-state index is 0.0240. The van der Waals surface area contributed by atoms with Gasteiger partial charge in [0.1, 0.15) is 12.1 Å². The van der Waals surface area contributed by atoms with Gasteiger partial charge < -0.3 is 10.2 Å². The monoisotopic (exact) mass is 286 g/mol. The van der Waals surface area contributed by atoms with Gasteiger partial charge in [-0.1, -0.05) is 37.3 Å². The van der Waals surface area contributed by atoms with E-state index in [1.807, 2.05) is 30.3 Å². The van der Waals surface area contributed by atoms with E-state index in [1.165, 1.54) is 12.8 Å². The molecule has 0 bridgehead atoms. The molecule has 1 N–H and O–H groups in total. The van der Waals surface area contributed by atoms with Crippen LogP contribution in [0.15, 0.2) is 30.3 Å². The first kappa shape index (κ1) is 14.1. The number of nitrogens with zero attached hydrogens (tertiary/aromatic N) is 1. The van der Waals surface area contributed by atoms with Crippen molar-refractivity contribution in [3.05, 3.63) is 35.9 Å². The number of rotatable bonds is 4. The van der Waals surface area contributed by atoms with Crippen LogP contribution in [0.2, 0.25) is 0 Å². The first-order chi connectivity index (χ1) is 10.1. The average Bonchev–Trinajstić information content (AvgIpc) is 3.30. The van der Waals surface area contributed by atoms with Gasteiger partial charge in [0.2, 0.25) is 11.8 Å². The number of carbonyl (C=O) groups excluding carboxylic acids is 2. The summed E-state index contributed by atoms with van der Waals surface area (Å²) in [6, 6.07) is 8.66. The predicted molar refractivity (Wildman–Crippen MR) is 80.4 cm³/mol. The predicted octanol–water partition coefficient (Wildman–Crippen LogP) is 2.12. The Labute approximate surface area is 125 Å². The van der Waals surface area contributed by atoms with E-state index < -0.39 is 12.1 Å². The van der Waals surface area contributed by atoms with Crippen LogP contribution < -0.4 is 5.32 Å². The Hall–Kier alpha value is -1.84. The van der Waals surface area contributed by atoms with Gasteiger partial charge in [-0.25, -0.2) is 0 Å². The van der Waals surface area contributed by atoms with Gasteiger partial charge in [-0.2, -0.15) is 0 Å². The standard InChI is InChI=1S/C17H22N2O2/c1-11(13-8-9-13)10-19-15(14-6-4-3-5-7-14)16(20)18-12(2)17(19)21/h3-7,11-13,15H,8-10H2,1-2H3,(H,18,20). The molecule has 0 spiro atoms. The zero-order chi connectivity index (χ0) is 15.0. The van der Waals surface area contributed by atoms with Crippen molar-refractivity contribution in [1.29, 1.82) is 0 Å². The zero-order valence-corrected chi connectivity index (χ0v) is 12.6. The van der Waals surface area contributed by atoms with Crippen LogP contribution in [0.1, 0.15) is 38.3 Å². The maximum absolute atomic E-state index is 12.5. The molecule has 4 heteroatoms. The third-order valence-corrected chi connectivity index (χ3v) is 4.60. The fourth-order valence-electron chi connectivity index (χ4n) is 3.16. The van der Waals surface area contributed by atoms with E-state index in [2.05, 4.69) is 12.2 Å². The molecule has 3 atom stereocenters. The second-order valence-electron chi connectivity index (χ2n) is 6.35. The minimum atomic E-state index is -0.490. The van der Waals surface area contributed by atoms with Crippen LogP contribution >= 0.6 is 0 Å². The smallest absolute Gasteiger partial charge is 0.248 e. The number of carbonyl (C=O) groups is 2. The average molecular weight is 286 g/mol. The largest absolute Gasteiger partial charge is 0.342 e. The third-order valence-electron chi connectivity index (χ3n) is 4.60. The normalized spacial score (nSPS) is 27.4. The molecule has 1 aliphatic carbocycles. The van der Waals surface area contributed by atoms with Crippen LogP contribution in [0.25, 0.3) is 0 Å². The topological polar surface area (TPSA) is 49.4 Å². The van der Waals surface area contributed by atoms with E-state index in [4.69, 9.17) is 0 Å². The summed E-state index contributed by atoms with van der Waals surface area (Å²) in [7, 11) is 0. The van der Waals surface area contributed by atoms with E-state index in [9.17, 15) is 9.59 Å². The van der Waals surface area contributed by atoms with E-state index in [0.29, 0.717) is 12.5 Å². The summed E-state index contributed by atoms with van der Waals surface area (Å²) in [5.41, 5.74) is 0.887. The molecule has 3 unspecified atom stereocenters. The van der Waals surface area contributed by atoms with Crippen molar-refractivity contribution >= 4 is 11.8 Å².